The third-order valence-electron chi connectivity index (χ3n) is 4.34. The molecule has 0 aliphatic carbocycles. The largest absolute Gasteiger partial charge is 0.325 e. The second-order valence-corrected chi connectivity index (χ2v) is 6.58. The zero-order valence-electron chi connectivity index (χ0n) is 12.1. The Morgan fingerprint density at radius 3 is 2.74 bits per heavy atom. The molecule has 1 aliphatic rings. The van der Waals surface area contributed by atoms with Gasteiger partial charge in [-0.3, -0.25) is 4.79 Å². The Bertz CT molecular complexity index is 938. The van der Waals surface area contributed by atoms with Crippen molar-refractivity contribution in [3.63, 3.8) is 0 Å². The number of rotatable bonds is 1. The molecule has 0 radical (unpaired) electrons. The number of benzene rings is 3. The summed E-state index contributed by atoms with van der Waals surface area (Å²) >= 11 is 3.23. The second-order valence-electron chi connectivity index (χ2n) is 5.73. The van der Waals surface area contributed by atoms with E-state index in [2.05, 4.69) is 33.4 Å². The fourth-order valence-electron chi connectivity index (χ4n) is 3.23. The van der Waals surface area contributed by atoms with Crippen LogP contribution in [-0.2, 0) is 4.79 Å². The van der Waals surface area contributed by atoms with Gasteiger partial charge < -0.3 is 5.32 Å². The molecular weight excluding hydrogens is 357 g/mol. The van der Waals surface area contributed by atoms with Gasteiger partial charge in [0.15, 0.2) is 0 Å². The van der Waals surface area contributed by atoms with Crippen LogP contribution in [0.25, 0.3) is 10.8 Å². The Hall–Kier alpha value is -2.20. The molecule has 0 fully saturated rings. The lowest BCUT2D eigenvalue weighted by molar-refractivity contribution is -0.116. The number of amides is 1. The first-order chi connectivity index (χ1) is 11.1. The average Bonchev–Trinajstić information content (AvgIpc) is 2.56. The lowest BCUT2D eigenvalue weighted by Crippen LogP contribution is -2.23. The molecule has 4 rings (SSSR count). The molecule has 0 saturated heterocycles. The van der Waals surface area contributed by atoms with E-state index in [9.17, 15) is 9.18 Å². The SMILES string of the molecule is O=C1C[C@H](c2ccc(F)c(Br)c2)c2ccc3ccccc3c2N1. The first-order valence-electron chi connectivity index (χ1n) is 7.40. The number of carbonyl (C=O) groups excluding carboxylic acids is 1. The van der Waals surface area contributed by atoms with E-state index in [1.54, 1.807) is 12.1 Å². The molecule has 0 saturated carbocycles. The maximum absolute atomic E-state index is 13.5. The number of hydrogen-bond acceptors (Lipinski definition) is 1. The predicted molar refractivity (Wildman–Crippen MR) is 93.1 cm³/mol. The Morgan fingerprint density at radius 2 is 1.91 bits per heavy atom. The number of fused-ring (bicyclic) bond motifs is 3. The van der Waals surface area contributed by atoms with Crippen molar-refractivity contribution in [3.8, 4) is 0 Å². The molecule has 1 amide bonds. The summed E-state index contributed by atoms with van der Waals surface area (Å²) in [7, 11) is 0. The first kappa shape index (κ1) is 14.4. The number of carbonyl (C=O) groups is 1. The number of nitrogens with one attached hydrogen (secondary N) is 1. The monoisotopic (exact) mass is 369 g/mol. The number of hydrogen-bond donors (Lipinski definition) is 1. The van der Waals surface area contributed by atoms with E-state index < -0.39 is 0 Å². The molecule has 1 heterocycles. The Morgan fingerprint density at radius 1 is 1.09 bits per heavy atom. The highest BCUT2D eigenvalue weighted by atomic mass is 79.9. The van der Waals surface area contributed by atoms with Crippen LogP contribution in [0.3, 0.4) is 0 Å². The lowest BCUT2D eigenvalue weighted by atomic mass is 9.83. The van der Waals surface area contributed by atoms with E-state index in [-0.39, 0.29) is 17.6 Å². The van der Waals surface area contributed by atoms with Crippen molar-refractivity contribution in [2.24, 2.45) is 0 Å². The Kier molecular flexibility index (Phi) is 3.42. The van der Waals surface area contributed by atoms with Crippen LogP contribution >= 0.6 is 15.9 Å². The highest BCUT2D eigenvalue weighted by molar-refractivity contribution is 9.10. The topological polar surface area (TPSA) is 29.1 Å². The summed E-state index contributed by atoms with van der Waals surface area (Å²) in [6.07, 6.45) is 0.364. The predicted octanol–water partition coefficient (Wildman–Crippen LogP) is 5.22. The minimum absolute atomic E-state index is 0.0145. The molecule has 0 spiro atoms. The smallest absolute Gasteiger partial charge is 0.225 e. The van der Waals surface area contributed by atoms with E-state index in [0.717, 1.165) is 27.6 Å². The molecule has 0 bridgehead atoms. The van der Waals surface area contributed by atoms with E-state index in [4.69, 9.17) is 0 Å². The second kappa shape index (κ2) is 5.46. The molecule has 4 heteroatoms. The third kappa shape index (κ3) is 2.43. The van der Waals surface area contributed by atoms with Gasteiger partial charge in [0.1, 0.15) is 5.82 Å². The normalized spacial score (nSPS) is 17.0. The van der Waals surface area contributed by atoms with Gasteiger partial charge in [-0.2, -0.15) is 0 Å². The molecule has 3 aromatic rings. The highest BCUT2D eigenvalue weighted by Crippen LogP contribution is 2.41. The zero-order valence-corrected chi connectivity index (χ0v) is 13.7. The highest BCUT2D eigenvalue weighted by Gasteiger charge is 2.28. The van der Waals surface area contributed by atoms with Crippen molar-refractivity contribution in [1.82, 2.24) is 0 Å². The van der Waals surface area contributed by atoms with Gasteiger partial charge in [0, 0.05) is 17.7 Å². The molecular formula is C19H13BrFNO. The molecule has 23 heavy (non-hydrogen) atoms. The average molecular weight is 370 g/mol. The van der Waals surface area contributed by atoms with Gasteiger partial charge in [-0.25, -0.2) is 4.39 Å². The number of anilines is 1. The van der Waals surface area contributed by atoms with Crippen LogP contribution in [0.4, 0.5) is 10.1 Å². The summed E-state index contributed by atoms with van der Waals surface area (Å²) in [6, 6.07) is 17.1. The summed E-state index contributed by atoms with van der Waals surface area (Å²) in [5, 5.41) is 5.13. The van der Waals surface area contributed by atoms with Crippen LogP contribution in [0.1, 0.15) is 23.5 Å². The molecule has 3 aromatic carbocycles. The van der Waals surface area contributed by atoms with Gasteiger partial charge in [-0.05, 0) is 44.6 Å². The Balaban J connectivity index is 1.92. The fraction of sp³-hybridized carbons (Fsp3) is 0.105. The molecule has 1 aliphatic heterocycles. The third-order valence-corrected chi connectivity index (χ3v) is 4.94. The van der Waals surface area contributed by atoms with Crippen molar-refractivity contribution in [2.75, 3.05) is 5.32 Å². The van der Waals surface area contributed by atoms with E-state index >= 15 is 0 Å². The van der Waals surface area contributed by atoms with Gasteiger partial charge in [-0.15, -0.1) is 0 Å². The summed E-state index contributed by atoms with van der Waals surface area (Å²) in [5.41, 5.74) is 2.87. The van der Waals surface area contributed by atoms with Crippen molar-refractivity contribution < 1.29 is 9.18 Å². The van der Waals surface area contributed by atoms with Crippen LogP contribution in [0, 0.1) is 5.82 Å². The van der Waals surface area contributed by atoms with Gasteiger partial charge in [0.05, 0.1) is 10.2 Å². The quantitative estimate of drug-likeness (QED) is 0.626. The number of halogens is 2. The van der Waals surface area contributed by atoms with E-state index in [1.807, 2.05) is 24.3 Å². The van der Waals surface area contributed by atoms with E-state index in [0.29, 0.717) is 10.9 Å². The van der Waals surface area contributed by atoms with Crippen LogP contribution in [0.15, 0.2) is 59.1 Å². The minimum Gasteiger partial charge on any atom is -0.325 e. The minimum atomic E-state index is -0.298. The van der Waals surface area contributed by atoms with Crippen molar-refractivity contribution in [1.29, 1.82) is 0 Å². The maximum Gasteiger partial charge on any atom is 0.225 e. The van der Waals surface area contributed by atoms with Gasteiger partial charge in [0.25, 0.3) is 0 Å². The summed E-state index contributed by atoms with van der Waals surface area (Å²) in [6.45, 7) is 0. The molecule has 1 N–H and O–H groups in total. The molecule has 114 valence electrons. The van der Waals surface area contributed by atoms with Crippen LogP contribution in [0.5, 0.6) is 0 Å². The van der Waals surface area contributed by atoms with Gasteiger partial charge in [-0.1, -0.05) is 42.5 Å². The fourth-order valence-corrected chi connectivity index (χ4v) is 3.63. The van der Waals surface area contributed by atoms with Crippen molar-refractivity contribution >= 4 is 38.3 Å². The van der Waals surface area contributed by atoms with Crippen LogP contribution < -0.4 is 5.32 Å². The molecule has 1 atom stereocenters. The van der Waals surface area contributed by atoms with Crippen molar-refractivity contribution in [3.05, 3.63) is 76.0 Å². The van der Waals surface area contributed by atoms with Crippen LogP contribution in [0.2, 0.25) is 0 Å². The molecule has 2 nitrogen and oxygen atoms in total. The van der Waals surface area contributed by atoms with E-state index in [1.165, 1.54) is 6.07 Å². The summed E-state index contributed by atoms with van der Waals surface area (Å²) in [5.74, 6) is -0.382. The first-order valence-corrected chi connectivity index (χ1v) is 8.19. The lowest BCUT2D eigenvalue weighted by Gasteiger charge is -2.27. The van der Waals surface area contributed by atoms with Gasteiger partial charge >= 0.3 is 0 Å². The standard InChI is InChI=1S/C19H13BrFNO/c20-16-9-12(6-8-17(16)21)15-10-18(23)22-19-13-4-2-1-3-11(13)5-7-14(15)19/h1-9,15H,10H2,(H,22,23)/t15-/m1/s1. The molecule has 0 aromatic heterocycles. The van der Waals surface area contributed by atoms with Crippen LogP contribution in [-0.4, -0.2) is 5.91 Å². The summed E-state index contributed by atoms with van der Waals surface area (Å²) < 4.78 is 13.9. The molecule has 0 unspecified atom stereocenters. The Labute approximate surface area is 141 Å². The maximum atomic E-state index is 13.5. The summed E-state index contributed by atoms with van der Waals surface area (Å²) in [4.78, 5) is 12.2. The zero-order chi connectivity index (χ0) is 16.0. The van der Waals surface area contributed by atoms with Gasteiger partial charge in [0.2, 0.25) is 5.91 Å². The van der Waals surface area contributed by atoms with Crippen molar-refractivity contribution in [2.45, 2.75) is 12.3 Å².